The first kappa shape index (κ1) is 17.3. The van der Waals surface area contributed by atoms with Gasteiger partial charge in [-0.25, -0.2) is 4.98 Å². The number of nitrogens with one attached hydrogen (secondary N) is 2. The van der Waals surface area contributed by atoms with Gasteiger partial charge in [0.2, 0.25) is 0 Å². The second-order valence-electron chi connectivity index (χ2n) is 6.12. The van der Waals surface area contributed by atoms with Crippen LogP contribution in [0.25, 0.3) is 0 Å². The van der Waals surface area contributed by atoms with Crippen LogP contribution in [0.4, 0.5) is 17.3 Å². The zero-order valence-electron chi connectivity index (χ0n) is 14.5. The highest BCUT2D eigenvalue weighted by molar-refractivity contribution is 6.30. The van der Waals surface area contributed by atoms with E-state index in [2.05, 4.69) is 30.6 Å². The van der Waals surface area contributed by atoms with Gasteiger partial charge in [-0.3, -0.25) is 4.79 Å². The van der Waals surface area contributed by atoms with Gasteiger partial charge in [-0.15, -0.1) is 10.2 Å². The maximum absolute atomic E-state index is 12.9. The summed E-state index contributed by atoms with van der Waals surface area (Å²) in [5.74, 6) is 1.17. The molecule has 0 saturated carbocycles. The molecule has 1 amide bonds. The predicted octanol–water partition coefficient (Wildman–Crippen LogP) is 2.56. The van der Waals surface area contributed by atoms with E-state index >= 15 is 0 Å². The summed E-state index contributed by atoms with van der Waals surface area (Å²) in [7, 11) is 0. The van der Waals surface area contributed by atoms with E-state index in [-0.39, 0.29) is 11.6 Å². The van der Waals surface area contributed by atoms with Crippen molar-refractivity contribution in [3.63, 3.8) is 0 Å². The number of hydrogen-bond acceptors (Lipinski definition) is 6. The third-order valence-electron chi connectivity index (χ3n) is 4.40. The summed E-state index contributed by atoms with van der Waals surface area (Å²) in [6, 6.07) is 13.0. The zero-order valence-corrected chi connectivity index (χ0v) is 15.2. The van der Waals surface area contributed by atoms with Crippen molar-refractivity contribution in [3.8, 4) is 0 Å². The molecule has 8 nitrogen and oxygen atoms in total. The molecule has 4 rings (SSSR count). The number of carbonyl (C=O) groups excluding carboxylic acids is 1. The van der Waals surface area contributed by atoms with Crippen molar-refractivity contribution >= 4 is 34.8 Å². The van der Waals surface area contributed by atoms with Crippen LogP contribution in [0.1, 0.15) is 10.5 Å². The molecule has 138 valence electrons. The van der Waals surface area contributed by atoms with Crippen LogP contribution in [-0.4, -0.2) is 57.4 Å². The highest BCUT2D eigenvalue weighted by Crippen LogP contribution is 2.21. The molecule has 1 aliphatic rings. The Morgan fingerprint density at radius 3 is 2.52 bits per heavy atom. The molecule has 1 saturated heterocycles. The van der Waals surface area contributed by atoms with Crippen molar-refractivity contribution < 1.29 is 4.79 Å². The molecule has 0 bridgehead atoms. The summed E-state index contributed by atoms with van der Waals surface area (Å²) in [5, 5.41) is 14.4. The van der Waals surface area contributed by atoms with Gasteiger partial charge in [0.05, 0.1) is 0 Å². The maximum atomic E-state index is 12.9. The van der Waals surface area contributed by atoms with Gasteiger partial charge in [-0.1, -0.05) is 17.7 Å². The van der Waals surface area contributed by atoms with Crippen LogP contribution in [0.3, 0.4) is 0 Å². The minimum atomic E-state index is -0.152. The Bertz CT molecular complexity index is 905. The van der Waals surface area contributed by atoms with Crippen molar-refractivity contribution in [1.29, 1.82) is 0 Å². The van der Waals surface area contributed by atoms with E-state index in [4.69, 9.17) is 11.6 Å². The number of halogens is 1. The van der Waals surface area contributed by atoms with Gasteiger partial charge < -0.3 is 15.1 Å². The molecule has 0 unspecified atom stereocenters. The molecule has 27 heavy (non-hydrogen) atoms. The van der Waals surface area contributed by atoms with E-state index in [1.807, 2.05) is 30.3 Å². The normalized spacial score (nSPS) is 14.3. The molecule has 3 aromatic rings. The first-order chi connectivity index (χ1) is 13.2. The zero-order chi connectivity index (χ0) is 18.6. The number of aromatic nitrogens is 4. The summed E-state index contributed by atoms with van der Waals surface area (Å²) in [4.78, 5) is 21.2. The average molecular weight is 384 g/mol. The molecule has 1 aromatic carbocycles. The smallest absolute Gasteiger partial charge is 0.278 e. The molecule has 0 atom stereocenters. The molecule has 9 heteroatoms. The Hall–Kier alpha value is -3.13. The van der Waals surface area contributed by atoms with Gasteiger partial charge in [0.25, 0.3) is 5.91 Å². The number of amides is 1. The standard InChI is InChI=1S/C18H18ClN7O/c19-13-4-6-14(7-5-13)21-17-16(22-24-23-17)18(27)26-11-9-25(10-12-26)15-3-1-2-8-20-15/h1-8H,9-12H2,(H2,21,22,23,24). The van der Waals surface area contributed by atoms with E-state index in [1.54, 1.807) is 23.2 Å². The Balaban J connectivity index is 1.42. The molecule has 0 spiro atoms. The number of piperazine rings is 1. The van der Waals surface area contributed by atoms with Gasteiger partial charge in [0.15, 0.2) is 11.5 Å². The highest BCUT2D eigenvalue weighted by atomic mass is 35.5. The van der Waals surface area contributed by atoms with E-state index in [0.717, 1.165) is 24.6 Å². The van der Waals surface area contributed by atoms with E-state index in [9.17, 15) is 4.79 Å². The quantitative estimate of drug-likeness (QED) is 0.719. The lowest BCUT2D eigenvalue weighted by Gasteiger charge is -2.35. The van der Waals surface area contributed by atoms with Gasteiger partial charge in [-0.05, 0) is 36.4 Å². The largest absolute Gasteiger partial charge is 0.353 e. The topological polar surface area (TPSA) is 90.0 Å². The Kier molecular flexibility index (Phi) is 4.88. The molecule has 0 aliphatic carbocycles. The lowest BCUT2D eigenvalue weighted by atomic mass is 10.2. The van der Waals surface area contributed by atoms with Crippen molar-refractivity contribution in [2.24, 2.45) is 0 Å². The molecule has 1 fully saturated rings. The Morgan fingerprint density at radius 1 is 1.04 bits per heavy atom. The van der Waals surface area contributed by atoms with Gasteiger partial charge in [-0.2, -0.15) is 5.21 Å². The van der Waals surface area contributed by atoms with E-state index in [1.165, 1.54) is 0 Å². The number of carbonyl (C=O) groups is 1. The average Bonchev–Trinajstić information content (AvgIpc) is 3.18. The number of anilines is 3. The van der Waals surface area contributed by atoms with Gasteiger partial charge in [0.1, 0.15) is 5.82 Å². The molecule has 0 radical (unpaired) electrons. The summed E-state index contributed by atoms with van der Waals surface area (Å²) in [5.41, 5.74) is 1.05. The molecule has 3 heterocycles. The third kappa shape index (κ3) is 3.85. The lowest BCUT2D eigenvalue weighted by molar-refractivity contribution is 0.0741. The fourth-order valence-electron chi connectivity index (χ4n) is 2.97. The fraction of sp³-hybridized carbons (Fsp3) is 0.222. The number of aromatic amines is 1. The van der Waals surface area contributed by atoms with E-state index < -0.39 is 0 Å². The summed E-state index contributed by atoms with van der Waals surface area (Å²) >= 11 is 5.90. The number of hydrogen-bond donors (Lipinski definition) is 2. The summed E-state index contributed by atoms with van der Waals surface area (Å²) in [6.45, 7) is 2.65. The monoisotopic (exact) mass is 383 g/mol. The lowest BCUT2D eigenvalue weighted by Crippen LogP contribution is -2.49. The molecule has 2 N–H and O–H groups in total. The number of rotatable bonds is 4. The first-order valence-corrected chi connectivity index (χ1v) is 8.97. The third-order valence-corrected chi connectivity index (χ3v) is 4.65. The van der Waals surface area contributed by atoms with Crippen molar-refractivity contribution in [1.82, 2.24) is 25.3 Å². The molecule has 1 aliphatic heterocycles. The van der Waals surface area contributed by atoms with Crippen LogP contribution in [-0.2, 0) is 0 Å². The number of nitrogens with zero attached hydrogens (tertiary/aromatic N) is 5. The molecule has 2 aromatic heterocycles. The predicted molar refractivity (Wildman–Crippen MR) is 103 cm³/mol. The van der Waals surface area contributed by atoms with Crippen LogP contribution < -0.4 is 10.2 Å². The van der Waals surface area contributed by atoms with Crippen LogP contribution in [0.2, 0.25) is 5.02 Å². The van der Waals surface area contributed by atoms with Crippen molar-refractivity contribution in [3.05, 3.63) is 59.4 Å². The van der Waals surface area contributed by atoms with Crippen molar-refractivity contribution in [2.45, 2.75) is 0 Å². The van der Waals surface area contributed by atoms with E-state index in [0.29, 0.717) is 23.9 Å². The summed E-state index contributed by atoms with van der Waals surface area (Å²) < 4.78 is 0. The fourth-order valence-corrected chi connectivity index (χ4v) is 3.09. The molecular formula is C18H18ClN7O. The minimum absolute atomic E-state index is 0.152. The Morgan fingerprint density at radius 2 is 1.81 bits per heavy atom. The number of benzene rings is 1. The molecular weight excluding hydrogens is 366 g/mol. The van der Waals surface area contributed by atoms with Crippen LogP contribution >= 0.6 is 11.6 Å². The second-order valence-corrected chi connectivity index (χ2v) is 6.56. The first-order valence-electron chi connectivity index (χ1n) is 8.59. The van der Waals surface area contributed by atoms with Crippen LogP contribution in [0.15, 0.2) is 48.7 Å². The van der Waals surface area contributed by atoms with Gasteiger partial charge >= 0.3 is 0 Å². The second kappa shape index (κ2) is 7.63. The van der Waals surface area contributed by atoms with Crippen LogP contribution in [0, 0.1) is 0 Å². The minimum Gasteiger partial charge on any atom is -0.353 e. The number of H-pyrrole nitrogens is 1. The van der Waals surface area contributed by atoms with Gasteiger partial charge in [0, 0.05) is 43.1 Å². The number of pyridine rings is 1. The van der Waals surface area contributed by atoms with Crippen LogP contribution in [0.5, 0.6) is 0 Å². The SMILES string of the molecule is O=C(c1n[nH]nc1Nc1ccc(Cl)cc1)N1CCN(c2ccccn2)CC1. The highest BCUT2D eigenvalue weighted by Gasteiger charge is 2.26. The van der Waals surface area contributed by atoms with Crippen molar-refractivity contribution in [2.75, 3.05) is 36.4 Å². The Labute approximate surface area is 161 Å². The summed E-state index contributed by atoms with van der Waals surface area (Å²) in [6.07, 6.45) is 1.77. The maximum Gasteiger partial charge on any atom is 0.278 e.